The maximum absolute atomic E-state index is 14.0. The quantitative estimate of drug-likeness (QED) is 0.329. The van der Waals surface area contributed by atoms with Crippen molar-refractivity contribution >= 4 is 35.2 Å². The van der Waals surface area contributed by atoms with Crippen LogP contribution in [0.1, 0.15) is 85.0 Å². The van der Waals surface area contributed by atoms with Gasteiger partial charge in [0.15, 0.2) is 0 Å². The molecule has 2 aliphatic rings. The molecule has 3 N–H and O–H groups in total. The molecule has 0 radical (unpaired) electrons. The number of hydrogen-bond donors (Lipinski definition) is 3. The van der Waals surface area contributed by atoms with Gasteiger partial charge in [0.2, 0.25) is 17.7 Å². The molecule has 4 rings (SSSR count). The normalized spacial score (nSPS) is 21.2. The maximum atomic E-state index is 14.0. The van der Waals surface area contributed by atoms with Gasteiger partial charge in [-0.3, -0.25) is 14.4 Å². The first-order valence-electron chi connectivity index (χ1n) is 17.1. The topological polar surface area (TPSA) is 150 Å². The fourth-order valence-electron chi connectivity index (χ4n) is 6.23. The maximum Gasteiger partial charge on any atom is 0.410 e. The summed E-state index contributed by atoms with van der Waals surface area (Å²) in [5.41, 5.74) is 3.47. The molecular formula is C36H53N5O7S. The minimum Gasteiger partial charge on any atom is -0.444 e. The number of hydrogen-bond acceptors (Lipinski definition) is 9. The number of ether oxygens (including phenoxy) is 2. The van der Waals surface area contributed by atoms with E-state index in [1.54, 1.807) is 16.2 Å². The van der Waals surface area contributed by atoms with E-state index in [1.807, 2.05) is 85.2 Å². The number of nitrogens with zero attached hydrogens (tertiary/aromatic N) is 3. The van der Waals surface area contributed by atoms with Gasteiger partial charge < -0.3 is 35.0 Å². The van der Waals surface area contributed by atoms with Crippen molar-refractivity contribution in [2.45, 2.75) is 104 Å². The van der Waals surface area contributed by atoms with Crippen LogP contribution in [0.15, 0.2) is 29.8 Å². The minimum atomic E-state index is -0.957. The molecule has 1 aromatic carbocycles. The number of rotatable bonds is 10. The highest BCUT2D eigenvalue weighted by Crippen LogP contribution is 2.30. The average molecular weight is 700 g/mol. The number of carbonyl (C=O) groups is 4. The Balaban J connectivity index is 1.32. The molecule has 0 saturated carbocycles. The Morgan fingerprint density at radius 1 is 1.06 bits per heavy atom. The number of aliphatic hydroxyl groups excluding tert-OH is 1. The molecule has 49 heavy (non-hydrogen) atoms. The van der Waals surface area contributed by atoms with Gasteiger partial charge in [0, 0.05) is 32.0 Å². The van der Waals surface area contributed by atoms with Crippen LogP contribution in [0.3, 0.4) is 0 Å². The molecule has 0 spiro atoms. The van der Waals surface area contributed by atoms with E-state index < -0.39 is 41.0 Å². The summed E-state index contributed by atoms with van der Waals surface area (Å²) < 4.78 is 11.3. The number of amides is 4. The largest absolute Gasteiger partial charge is 0.444 e. The van der Waals surface area contributed by atoms with Gasteiger partial charge in [-0.25, -0.2) is 9.78 Å². The van der Waals surface area contributed by atoms with E-state index in [-0.39, 0.29) is 50.1 Å². The number of piperidine rings is 1. The number of β-amino-alcohol motifs (C(OH)–C–C–N with tert-alkyl or cyclic N) is 1. The van der Waals surface area contributed by atoms with Crippen LogP contribution in [-0.2, 0) is 23.9 Å². The molecule has 4 amide bonds. The fourth-order valence-corrected chi connectivity index (χ4v) is 7.04. The predicted octanol–water partition coefficient (Wildman–Crippen LogP) is 4.45. The molecular weight excluding hydrogens is 646 g/mol. The number of nitrogens with one attached hydrogen (secondary N) is 2. The Bertz CT molecular complexity index is 1470. The number of benzene rings is 1. The van der Waals surface area contributed by atoms with Crippen molar-refractivity contribution in [2.75, 3.05) is 32.8 Å². The molecule has 13 heteroatoms. The van der Waals surface area contributed by atoms with Crippen LogP contribution < -0.4 is 10.6 Å². The van der Waals surface area contributed by atoms with Crippen LogP contribution in [0.5, 0.6) is 0 Å². The van der Waals surface area contributed by atoms with Crippen molar-refractivity contribution in [3.63, 3.8) is 0 Å². The van der Waals surface area contributed by atoms with Gasteiger partial charge in [-0.1, -0.05) is 45.0 Å². The van der Waals surface area contributed by atoms with Crippen LogP contribution >= 0.6 is 11.3 Å². The molecule has 2 saturated heterocycles. The molecule has 12 nitrogen and oxygen atoms in total. The molecule has 2 fully saturated rings. The molecule has 0 aliphatic carbocycles. The van der Waals surface area contributed by atoms with Gasteiger partial charge >= 0.3 is 6.09 Å². The zero-order chi connectivity index (χ0) is 36.1. The van der Waals surface area contributed by atoms with Gasteiger partial charge in [-0.2, -0.15) is 0 Å². The molecule has 2 aromatic rings. The molecule has 1 aromatic heterocycles. The zero-order valence-electron chi connectivity index (χ0n) is 30.1. The number of carbonyl (C=O) groups excluding carboxylic acids is 4. The van der Waals surface area contributed by atoms with Gasteiger partial charge in [0.1, 0.15) is 24.3 Å². The first-order chi connectivity index (χ1) is 22.9. The lowest BCUT2D eigenvalue weighted by atomic mass is 9.85. The third kappa shape index (κ3) is 10.5. The highest BCUT2D eigenvalue weighted by molar-refractivity contribution is 7.13. The van der Waals surface area contributed by atoms with Gasteiger partial charge in [-0.05, 0) is 64.0 Å². The Morgan fingerprint density at radius 2 is 1.76 bits per heavy atom. The van der Waals surface area contributed by atoms with E-state index in [4.69, 9.17) is 9.47 Å². The fraction of sp³-hybridized carbons (Fsp3) is 0.639. The average Bonchev–Trinajstić information content (AvgIpc) is 3.63. The van der Waals surface area contributed by atoms with E-state index in [1.165, 1.54) is 4.90 Å². The Labute approximate surface area is 293 Å². The SMILES string of the molecule is Cc1ncsc1-c1ccc([C@H](C)NC(=O)[C@@H]2C[C@@H](O)CN2C(=O)[C@@H](NC(=O)COC[C@H]2CCCN(C(=O)OC(C)(C)C)C2)C(C)(C)C)cc1. The smallest absolute Gasteiger partial charge is 0.410 e. The third-order valence-electron chi connectivity index (χ3n) is 8.82. The monoisotopic (exact) mass is 699 g/mol. The second kappa shape index (κ2) is 16.0. The third-order valence-corrected chi connectivity index (χ3v) is 9.80. The number of likely N-dealkylation sites (tertiary alicyclic amines) is 2. The first kappa shape index (κ1) is 38.3. The van der Waals surface area contributed by atoms with Crippen molar-refractivity contribution in [3.8, 4) is 10.4 Å². The van der Waals surface area contributed by atoms with Crippen LogP contribution in [0.25, 0.3) is 10.4 Å². The summed E-state index contributed by atoms with van der Waals surface area (Å²) in [4.78, 5) is 61.6. The lowest BCUT2D eigenvalue weighted by Crippen LogP contribution is -2.58. The first-order valence-corrected chi connectivity index (χ1v) is 17.9. The van der Waals surface area contributed by atoms with Crippen LogP contribution in [-0.4, -0.2) is 100 Å². The summed E-state index contributed by atoms with van der Waals surface area (Å²) in [6.45, 7) is 16.0. The molecule has 2 aliphatic heterocycles. The second-order valence-corrected chi connectivity index (χ2v) is 16.2. The molecule has 270 valence electrons. The molecule has 0 bridgehead atoms. The van der Waals surface area contributed by atoms with Crippen molar-refractivity contribution < 1.29 is 33.8 Å². The summed E-state index contributed by atoms with van der Waals surface area (Å²) in [5, 5.41) is 16.4. The van der Waals surface area contributed by atoms with Crippen molar-refractivity contribution in [3.05, 3.63) is 41.0 Å². The summed E-state index contributed by atoms with van der Waals surface area (Å²) in [5.74, 6) is -1.20. The number of aliphatic hydroxyl groups is 1. The lowest BCUT2D eigenvalue weighted by Gasteiger charge is -2.35. The molecule has 5 atom stereocenters. The second-order valence-electron chi connectivity index (χ2n) is 15.3. The van der Waals surface area contributed by atoms with Crippen LogP contribution in [0.2, 0.25) is 0 Å². The van der Waals surface area contributed by atoms with E-state index in [9.17, 15) is 24.3 Å². The highest BCUT2D eigenvalue weighted by Gasteiger charge is 2.44. The van der Waals surface area contributed by atoms with Crippen LogP contribution in [0.4, 0.5) is 4.79 Å². The Hall–Kier alpha value is -3.55. The predicted molar refractivity (Wildman–Crippen MR) is 188 cm³/mol. The number of aryl methyl sites for hydroxylation is 1. The molecule has 0 unspecified atom stereocenters. The standard InChI is InChI=1S/C36H53N5O7S/c1-22(25-11-13-26(14-12-25)30-23(2)37-21-49-30)38-32(44)28-16-27(42)18-41(28)33(45)31(35(3,4)5)39-29(43)20-47-19-24-10-9-15-40(17-24)34(46)48-36(6,7)8/h11-14,21-22,24,27-28,31,42H,9-10,15-20H2,1-8H3,(H,38,44)(H,39,43)/t22-,24-,27+,28-,31+/m0/s1. The summed E-state index contributed by atoms with van der Waals surface area (Å²) in [7, 11) is 0. The Kier molecular flexibility index (Phi) is 12.5. The van der Waals surface area contributed by atoms with E-state index in [0.717, 1.165) is 34.5 Å². The molecule has 3 heterocycles. The number of aromatic nitrogens is 1. The van der Waals surface area contributed by atoms with E-state index >= 15 is 0 Å². The zero-order valence-corrected chi connectivity index (χ0v) is 30.9. The van der Waals surface area contributed by atoms with Crippen LogP contribution in [0, 0.1) is 18.3 Å². The lowest BCUT2D eigenvalue weighted by molar-refractivity contribution is -0.144. The number of thiazole rings is 1. The van der Waals surface area contributed by atoms with E-state index in [0.29, 0.717) is 13.1 Å². The van der Waals surface area contributed by atoms with E-state index in [2.05, 4.69) is 15.6 Å². The van der Waals surface area contributed by atoms with Crippen molar-refractivity contribution in [2.24, 2.45) is 11.3 Å². The summed E-state index contributed by atoms with van der Waals surface area (Å²) in [6, 6.07) is 5.75. The minimum absolute atomic E-state index is 0.0109. The Morgan fingerprint density at radius 3 is 2.37 bits per heavy atom. The van der Waals surface area contributed by atoms with Gasteiger partial charge in [-0.15, -0.1) is 11.3 Å². The highest BCUT2D eigenvalue weighted by atomic mass is 32.1. The van der Waals surface area contributed by atoms with Gasteiger partial charge in [0.25, 0.3) is 0 Å². The van der Waals surface area contributed by atoms with Gasteiger partial charge in [0.05, 0.1) is 34.8 Å². The van der Waals surface area contributed by atoms with Crippen molar-refractivity contribution in [1.82, 2.24) is 25.4 Å². The summed E-state index contributed by atoms with van der Waals surface area (Å²) >= 11 is 1.58. The van der Waals surface area contributed by atoms with Crippen molar-refractivity contribution in [1.29, 1.82) is 0 Å². The summed E-state index contributed by atoms with van der Waals surface area (Å²) in [6.07, 6.45) is 0.554.